The Kier molecular flexibility index (Phi) is 2.70. The van der Waals surface area contributed by atoms with Crippen LogP contribution in [0.25, 0.3) is 5.70 Å². The molecule has 3 rings (SSSR count). The summed E-state index contributed by atoms with van der Waals surface area (Å²) in [6.45, 7) is 7.06. The summed E-state index contributed by atoms with van der Waals surface area (Å²) in [7, 11) is 0. The van der Waals surface area contributed by atoms with Gasteiger partial charge in [-0.3, -0.25) is 0 Å². The van der Waals surface area contributed by atoms with Crippen molar-refractivity contribution in [2.75, 3.05) is 13.1 Å². The predicted molar refractivity (Wildman–Crippen MR) is 75.2 cm³/mol. The summed E-state index contributed by atoms with van der Waals surface area (Å²) in [6, 6.07) is 8.82. The van der Waals surface area contributed by atoms with Crippen LogP contribution in [0.15, 0.2) is 35.2 Å². The Hall–Kier alpha value is -0.890. The van der Waals surface area contributed by atoms with Gasteiger partial charge in [0, 0.05) is 34.0 Å². The second kappa shape index (κ2) is 4.09. The highest BCUT2D eigenvalue weighted by atomic mass is 32.2. The van der Waals surface area contributed by atoms with Crippen LogP contribution in [0, 0.1) is 0 Å². The molecule has 0 bridgehead atoms. The van der Waals surface area contributed by atoms with E-state index in [9.17, 15) is 0 Å². The highest BCUT2D eigenvalue weighted by Crippen LogP contribution is 2.45. The van der Waals surface area contributed by atoms with Gasteiger partial charge in [-0.05, 0) is 38.8 Å². The van der Waals surface area contributed by atoms with E-state index in [1.54, 1.807) is 0 Å². The third kappa shape index (κ3) is 2.11. The number of likely N-dealkylation sites (tertiary alicyclic amines) is 1. The lowest BCUT2D eigenvalue weighted by molar-refractivity contribution is 0.488. The molecule has 2 aliphatic heterocycles. The van der Waals surface area contributed by atoms with Gasteiger partial charge < -0.3 is 4.90 Å². The van der Waals surface area contributed by atoms with E-state index in [1.165, 1.54) is 42.1 Å². The fraction of sp³-hybridized carbons (Fsp3) is 0.467. The average molecular weight is 245 g/mol. The first-order valence-electron chi connectivity index (χ1n) is 6.42. The molecule has 1 saturated heterocycles. The minimum absolute atomic E-state index is 0.215. The number of rotatable bonds is 1. The van der Waals surface area contributed by atoms with Gasteiger partial charge in [0.2, 0.25) is 0 Å². The number of thioether (sulfide) groups is 1. The molecule has 0 saturated carbocycles. The molecule has 1 nitrogen and oxygen atoms in total. The summed E-state index contributed by atoms with van der Waals surface area (Å²) in [5.41, 5.74) is 2.89. The molecule has 17 heavy (non-hydrogen) atoms. The van der Waals surface area contributed by atoms with E-state index in [-0.39, 0.29) is 4.75 Å². The molecular weight excluding hydrogens is 226 g/mol. The van der Waals surface area contributed by atoms with E-state index in [2.05, 4.69) is 49.1 Å². The number of benzene rings is 1. The largest absolute Gasteiger partial charge is 0.371 e. The van der Waals surface area contributed by atoms with Gasteiger partial charge >= 0.3 is 0 Å². The predicted octanol–water partition coefficient (Wildman–Crippen LogP) is 4.01. The zero-order valence-corrected chi connectivity index (χ0v) is 11.4. The molecule has 0 radical (unpaired) electrons. The van der Waals surface area contributed by atoms with Crippen molar-refractivity contribution in [3.63, 3.8) is 0 Å². The summed E-state index contributed by atoms with van der Waals surface area (Å²) in [6.07, 6.45) is 5.13. The first-order valence-corrected chi connectivity index (χ1v) is 7.24. The lowest BCUT2D eigenvalue weighted by Gasteiger charge is -2.33. The Morgan fingerprint density at radius 3 is 2.59 bits per heavy atom. The van der Waals surface area contributed by atoms with Crippen molar-refractivity contribution in [2.45, 2.75) is 36.3 Å². The Labute approximate surface area is 108 Å². The zero-order valence-electron chi connectivity index (χ0n) is 10.6. The Morgan fingerprint density at radius 1 is 1.12 bits per heavy atom. The van der Waals surface area contributed by atoms with Crippen molar-refractivity contribution >= 4 is 17.5 Å². The maximum atomic E-state index is 2.56. The van der Waals surface area contributed by atoms with Gasteiger partial charge in [-0.2, -0.15) is 0 Å². The van der Waals surface area contributed by atoms with Crippen molar-refractivity contribution in [3.05, 3.63) is 35.9 Å². The van der Waals surface area contributed by atoms with Gasteiger partial charge in [0.15, 0.2) is 0 Å². The summed E-state index contributed by atoms with van der Waals surface area (Å²) < 4.78 is 0.215. The fourth-order valence-electron chi connectivity index (χ4n) is 2.71. The molecule has 0 aromatic heterocycles. The second-order valence-corrected chi connectivity index (χ2v) is 7.12. The first-order chi connectivity index (χ1) is 8.16. The van der Waals surface area contributed by atoms with E-state index >= 15 is 0 Å². The Bertz CT molecular complexity index is 456. The maximum Gasteiger partial charge on any atom is 0.0424 e. The smallest absolute Gasteiger partial charge is 0.0424 e. The lowest BCUT2D eigenvalue weighted by atomic mass is 10.0. The van der Waals surface area contributed by atoms with Crippen molar-refractivity contribution in [2.24, 2.45) is 0 Å². The maximum absolute atomic E-state index is 2.56. The fourth-order valence-corrected chi connectivity index (χ4v) is 3.87. The van der Waals surface area contributed by atoms with Gasteiger partial charge in [0.05, 0.1) is 0 Å². The van der Waals surface area contributed by atoms with Crippen molar-refractivity contribution in [3.8, 4) is 0 Å². The number of fused-ring (bicyclic) bond motifs is 1. The molecule has 2 heterocycles. The first kappa shape index (κ1) is 11.2. The molecule has 0 amide bonds. The van der Waals surface area contributed by atoms with Gasteiger partial charge in [0.25, 0.3) is 0 Å². The van der Waals surface area contributed by atoms with Crippen LogP contribution in [0.3, 0.4) is 0 Å². The standard InChI is InChI=1S/C15H19NS/c1-15(2)11-13(16-9-5-6-10-16)12-7-3-4-8-14(12)17-15/h3-4,7-8,11H,5-6,9-10H2,1-2H3. The quantitative estimate of drug-likeness (QED) is 0.735. The molecule has 1 aromatic rings. The summed E-state index contributed by atoms with van der Waals surface area (Å²) in [4.78, 5) is 3.99. The molecule has 0 aliphatic carbocycles. The third-order valence-electron chi connectivity index (χ3n) is 3.47. The number of nitrogens with zero attached hydrogens (tertiary/aromatic N) is 1. The molecule has 0 spiro atoms. The van der Waals surface area contributed by atoms with Crippen LogP contribution in [-0.2, 0) is 0 Å². The molecule has 90 valence electrons. The monoisotopic (exact) mass is 245 g/mol. The minimum atomic E-state index is 0.215. The van der Waals surface area contributed by atoms with Gasteiger partial charge in [-0.15, -0.1) is 11.8 Å². The van der Waals surface area contributed by atoms with E-state index in [0.29, 0.717) is 0 Å². The van der Waals surface area contributed by atoms with Crippen LogP contribution in [0.4, 0.5) is 0 Å². The van der Waals surface area contributed by atoms with Gasteiger partial charge in [-0.1, -0.05) is 18.2 Å². The highest BCUT2D eigenvalue weighted by Gasteiger charge is 2.29. The number of hydrogen-bond donors (Lipinski definition) is 0. The Morgan fingerprint density at radius 2 is 1.82 bits per heavy atom. The molecule has 1 aromatic carbocycles. The van der Waals surface area contributed by atoms with Crippen molar-refractivity contribution < 1.29 is 0 Å². The Balaban J connectivity index is 2.06. The van der Waals surface area contributed by atoms with Gasteiger partial charge in [0.1, 0.15) is 0 Å². The normalized spacial score (nSPS) is 22.2. The number of hydrogen-bond acceptors (Lipinski definition) is 2. The van der Waals surface area contributed by atoms with E-state index in [0.717, 1.165) is 0 Å². The summed E-state index contributed by atoms with van der Waals surface area (Å²) in [5.74, 6) is 0. The van der Waals surface area contributed by atoms with Crippen LogP contribution >= 0.6 is 11.8 Å². The highest BCUT2D eigenvalue weighted by molar-refractivity contribution is 8.01. The van der Waals surface area contributed by atoms with Crippen LogP contribution in [-0.4, -0.2) is 22.7 Å². The molecular formula is C15H19NS. The van der Waals surface area contributed by atoms with E-state index in [1.807, 2.05) is 11.8 Å². The van der Waals surface area contributed by atoms with Crippen LogP contribution in [0.5, 0.6) is 0 Å². The average Bonchev–Trinajstić information content (AvgIpc) is 2.80. The van der Waals surface area contributed by atoms with Crippen LogP contribution < -0.4 is 0 Å². The molecule has 0 atom stereocenters. The molecule has 2 aliphatic rings. The van der Waals surface area contributed by atoms with Gasteiger partial charge in [-0.25, -0.2) is 0 Å². The molecule has 1 fully saturated rings. The van der Waals surface area contributed by atoms with Crippen molar-refractivity contribution in [1.29, 1.82) is 0 Å². The summed E-state index contributed by atoms with van der Waals surface area (Å²) in [5, 5.41) is 0. The third-order valence-corrected chi connectivity index (χ3v) is 4.69. The van der Waals surface area contributed by atoms with Crippen molar-refractivity contribution in [1.82, 2.24) is 4.90 Å². The second-order valence-electron chi connectivity index (χ2n) is 5.43. The van der Waals surface area contributed by atoms with Crippen LogP contribution in [0.2, 0.25) is 0 Å². The SMILES string of the molecule is CC1(C)C=C(N2CCCC2)c2ccccc2S1. The van der Waals surface area contributed by atoms with E-state index < -0.39 is 0 Å². The topological polar surface area (TPSA) is 3.24 Å². The molecule has 0 unspecified atom stereocenters. The lowest BCUT2D eigenvalue weighted by Crippen LogP contribution is -2.24. The van der Waals surface area contributed by atoms with Crippen LogP contribution in [0.1, 0.15) is 32.3 Å². The minimum Gasteiger partial charge on any atom is -0.371 e. The summed E-state index contributed by atoms with van der Waals surface area (Å²) >= 11 is 1.97. The zero-order chi connectivity index (χ0) is 11.9. The molecule has 2 heteroatoms. The molecule has 0 N–H and O–H groups in total. The van der Waals surface area contributed by atoms with E-state index in [4.69, 9.17) is 0 Å².